The summed E-state index contributed by atoms with van der Waals surface area (Å²) in [7, 11) is 0. The standard InChI is InChI=1S/C27H48O/c1-6-7-8-9-19(2)22-12-13-23-21-11-10-20-18-25(3,28)16-17-26(20,4)24(21)14-15-27(22,23)5/h19-24,28H,6-18H2,1-5H3/t19-,20-,21+,22-,23+,24+,25+,26+,27-/m1/s1. The third-order valence-corrected chi connectivity index (χ3v) is 11.0. The summed E-state index contributed by atoms with van der Waals surface area (Å²) >= 11 is 0. The Balaban J connectivity index is 1.49. The molecule has 0 saturated heterocycles. The Morgan fingerprint density at radius 1 is 0.857 bits per heavy atom. The van der Waals surface area contributed by atoms with Crippen LogP contribution in [0.15, 0.2) is 0 Å². The number of rotatable bonds is 5. The molecule has 1 nitrogen and oxygen atoms in total. The van der Waals surface area contributed by atoms with Gasteiger partial charge in [-0.1, -0.05) is 53.4 Å². The zero-order chi connectivity index (χ0) is 20.2. The summed E-state index contributed by atoms with van der Waals surface area (Å²) in [5, 5.41) is 10.7. The van der Waals surface area contributed by atoms with Gasteiger partial charge in [-0.3, -0.25) is 0 Å². The molecule has 9 atom stereocenters. The Hall–Kier alpha value is -0.0400. The lowest BCUT2D eigenvalue weighted by Gasteiger charge is -2.62. The van der Waals surface area contributed by atoms with E-state index in [1.807, 2.05) is 0 Å². The summed E-state index contributed by atoms with van der Waals surface area (Å²) < 4.78 is 0. The van der Waals surface area contributed by atoms with Gasteiger partial charge in [0.15, 0.2) is 0 Å². The van der Waals surface area contributed by atoms with Gasteiger partial charge in [-0.15, -0.1) is 0 Å². The molecule has 0 aromatic heterocycles. The van der Waals surface area contributed by atoms with Gasteiger partial charge >= 0.3 is 0 Å². The van der Waals surface area contributed by atoms with Crippen molar-refractivity contribution in [2.75, 3.05) is 0 Å². The smallest absolute Gasteiger partial charge is 0.0622 e. The van der Waals surface area contributed by atoms with E-state index < -0.39 is 5.60 Å². The molecule has 162 valence electrons. The molecular formula is C27H48O. The van der Waals surface area contributed by atoms with Crippen molar-refractivity contribution in [1.82, 2.24) is 0 Å². The minimum atomic E-state index is -0.396. The maximum atomic E-state index is 10.7. The zero-order valence-corrected chi connectivity index (χ0v) is 19.6. The molecule has 0 aromatic carbocycles. The van der Waals surface area contributed by atoms with E-state index in [0.29, 0.717) is 10.8 Å². The first-order valence-electron chi connectivity index (χ1n) is 12.9. The van der Waals surface area contributed by atoms with Crippen LogP contribution in [-0.4, -0.2) is 10.7 Å². The monoisotopic (exact) mass is 388 g/mol. The molecule has 0 radical (unpaired) electrons. The minimum absolute atomic E-state index is 0.396. The molecular weight excluding hydrogens is 340 g/mol. The fourth-order valence-corrected chi connectivity index (χ4v) is 9.32. The van der Waals surface area contributed by atoms with Gasteiger partial charge in [0.25, 0.3) is 0 Å². The van der Waals surface area contributed by atoms with Gasteiger partial charge in [-0.25, -0.2) is 0 Å². The third-order valence-electron chi connectivity index (χ3n) is 11.0. The normalized spacial score (nSPS) is 51.9. The second kappa shape index (κ2) is 7.58. The summed E-state index contributed by atoms with van der Waals surface area (Å²) in [5.41, 5.74) is 0.736. The van der Waals surface area contributed by atoms with Crippen LogP contribution < -0.4 is 0 Å². The molecule has 0 aromatic rings. The first-order chi connectivity index (χ1) is 13.2. The molecule has 4 aliphatic rings. The molecule has 4 rings (SSSR count). The van der Waals surface area contributed by atoms with E-state index in [-0.39, 0.29) is 0 Å². The van der Waals surface area contributed by atoms with Gasteiger partial charge in [-0.05, 0) is 111 Å². The van der Waals surface area contributed by atoms with Crippen molar-refractivity contribution in [3.8, 4) is 0 Å². The lowest BCUT2D eigenvalue weighted by molar-refractivity contribution is -0.148. The third kappa shape index (κ3) is 3.40. The van der Waals surface area contributed by atoms with E-state index in [1.54, 1.807) is 0 Å². The Labute approximate surface area is 175 Å². The van der Waals surface area contributed by atoms with Gasteiger partial charge in [0, 0.05) is 0 Å². The minimum Gasteiger partial charge on any atom is -0.390 e. The van der Waals surface area contributed by atoms with E-state index in [1.165, 1.54) is 70.6 Å². The summed E-state index contributed by atoms with van der Waals surface area (Å²) in [5.74, 6) is 5.59. The second-order valence-corrected chi connectivity index (χ2v) is 12.6. The van der Waals surface area contributed by atoms with E-state index in [9.17, 15) is 5.11 Å². The lowest BCUT2D eigenvalue weighted by Crippen LogP contribution is -2.55. The second-order valence-electron chi connectivity index (χ2n) is 12.6. The van der Waals surface area contributed by atoms with Crippen LogP contribution in [0.5, 0.6) is 0 Å². The van der Waals surface area contributed by atoms with Crippen molar-refractivity contribution in [3.05, 3.63) is 0 Å². The molecule has 0 unspecified atom stereocenters. The van der Waals surface area contributed by atoms with E-state index >= 15 is 0 Å². The van der Waals surface area contributed by atoms with Gasteiger partial charge in [0.2, 0.25) is 0 Å². The molecule has 1 N–H and O–H groups in total. The molecule has 4 aliphatic carbocycles. The van der Waals surface area contributed by atoms with E-state index in [0.717, 1.165) is 48.3 Å². The van der Waals surface area contributed by atoms with Crippen LogP contribution in [0.4, 0.5) is 0 Å². The van der Waals surface area contributed by atoms with Gasteiger partial charge in [-0.2, -0.15) is 0 Å². The summed E-state index contributed by atoms with van der Waals surface area (Å²) in [6.07, 6.45) is 17.9. The van der Waals surface area contributed by atoms with E-state index in [2.05, 4.69) is 34.6 Å². The first kappa shape index (κ1) is 21.2. The number of hydrogen-bond acceptors (Lipinski definition) is 1. The molecule has 0 heterocycles. The average molecular weight is 389 g/mol. The fourth-order valence-electron chi connectivity index (χ4n) is 9.32. The lowest BCUT2D eigenvalue weighted by atomic mass is 9.43. The summed E-state index contributed by atoms with van der Waals surface area (Å²) in [6.45, 7) is 12.4. The zero-order valence-electron chi connectivity index (χ0n) is 19.6. The van der Waals surface area contributed by atoms with Crippen LogP contribution in [0.3, 0.4) is 0 Å². The maximum absolute atomic E-state index is 10.7. The van der Waals surface area contributed by atoms with Gasteiger partial charge < -0.3 is 5.11 Å². The highest BCUT2D eigenvalue weighted by Gasteiger charge is 2.61. The van der Waals surface area contributed by atoms with Crippen LogP contribution in [0.2, 0.25) is 0 Å². The highest BCUT2D eigenvalue weighted by molar-refractivity contribution is 5.10. The first-order valence-corrected chi connectivity index (χ1v) is 12.9. The highest BCUT2D eigenvalue weighted by atomic mass is 16.3. The van der Waals surface area contributed by atoms with Crippen LogP contribution in [0.25, 0.3) is 0 Å². The Morgan fingerprint density at radius 3 is 2.36 bits per heavy atom. The molecule has 4 fully saturated rings. The van der Waals surface area contributed by atoms with Crippen molar-refractivity contribution < 1.29 is 5.11 Å². The molecule has 0 bridgehead atoms. The Morgan fingerprint density at radius 2 is 1.61 bits per heavy atom. The number of unbranched alkanes of at least 4 members (excludes halogenated alkanes) is 2. The van der Waals surface area contributed by atoms with Crippen LogP contribution >= 0.6 is 0 Å². The predicted octanol–water partition coefficient (Wildman–Crippen LogP) is 7.61. The average Bonchev–Trinajstić information content (AvgIpc) is 2.99. The maximum Gasteiger partial charge on any atom is 0.0622 e. The largest absolute Gasteiger partial charge is 0.390 e. The van der Waals surface area contributed by atoms with Crippen molar-refractivity contribution in [2.24, 2.45) is 46.3 Å². The summed E-state index contributed by atoms with van der Waals surface area (Å²) in [4.78, 5) is 0. The number of fused-ring (bicyclic) bond motifs is 5. The van der Waals surface area contributed by atoms with Crippen LogP contribution in [-0.2, 0) is 0 Å². The van der Waals surface area contributed by atoms with Crippen molar-refractivity contribution in [3.63, 3.8) is 0 Å². The molecule has 0 spiro atoms. The van der Waals surface area contributed by atoms with Crippen molar-refractivity contribution in [1.29, 1.82) is 0 Å². The van der Waals surface area contributed by atoms with Crippen LogP contribution in [0, 0.1) is 46.3 Å². The molecule has 1 heteroatoms. The van der Waals surface area contributed by atoms with Crippen LogP contribution in [0.1, 0.15) is 118 Å². The van der Waals surface area contributed by atoms with Crippen molar-refractivity contribution >= 4 is 0 Å². The predicted molar refractivity (Wildman–Crippen MR) is 119 cm³/mol. The topological polar surface area (TPSA) is 20.2 Å². The molecule has 28 heavy (non-hydrogen) atoms. The van der Waals surface area contributed by atoms with Gasteiger partial charge in [0.1, 0.15) is 0 Å². The SMILES string of the molecule is CCCCC[C@@H](C)[C@H]1CC[C@H]2[C@@H]3CC[C@@H]4C[C@@](C)(O)CC[C@]4(C)[C@H]3CC[C@]12C. The Kier molecular flexibility index (Phi) is 5.74. The van der Waals surface area contributed by atoms with Crippen molar-refractivity contribution in [2.45, 2.75) is 124 Å². The van der Waals surface area contributed by atoms with E-state index in [4.69, 9.17) is 0 Å². The molecule has 0 aliphatic heterocycles. The molecule has 0 amide bonds. The fraction of sp³-hybridized carbons (Fsp3) is 1.00. The summed E-state index contributed by atoms with van der Waals surface area (Å²) in [6, 6.07) is 0. The van der Waals surface area contributed by atoms with Gasteiger partial charge in [0.05, 0.1) is 5.60 Å². The number of aliphatic hydroxyl groups is 1. The molecule has 4 saturated carbocycles. The highest BCUT2D eigenvalue weighted by Crippen LogP contribution is 2.68. The quantitative estimate of drug-likeness (QED) is 0.480. The Bertz CT molecular complexity index is 552. The number of hydrogen-bond donors (Lipinski definition) is 1.